The minimum atomic E-state index is -0.659. The van der Waals surface area contributed by atoms with Crippen LogP contribution in [0.15, 0.2) is 78.9 Å². The molecule has 3 aromatic rings. The van der Waals surface area contributed by atoms with Crippen molar-refractivity contribution in [3.05, 3.63) is 95.6 Å². The number of hydrogen-bond acceptors (Lipinski definition) is 7. The third kappa shape index (κ3) is 6.77. The predicted octanol–water partition coefficient (Wildman–Crippen LogP) is 5.54. The van der Waals surface area contributed by atoms with Gasteiger partial charge >= 0.3 is 5.97 Å². The highest BCUT2D eigenvalue weighted by Gasteiger charge is 2.51. The van der Waals surface area contributed by atoms with Crippen molar-refractivity contribution in [3.8, 4) is 0 Å². The second-order valence-electron chi connectivity index (χ2n) is 9.68. The van der Waals surface area contributed by atoms with Crippen LogP contribution in [-0.2, 0) is 14.9 Å². The summed E-state index contributed by atoms with van der Waals surface area (Å²) in [4.78, 5) is 32.7. The highest BCUT2D eigenvalue weighted by atomic mass is 32.1. The van der Waals surface area contributed by atoms with Crippen molar-refractivity contribution in [1.82, 2.24) is 4.90 Å². The Kier molecular flexibility index (Phi) is 12.3. The van der Waals surface area contributed by atoms with Gasteiger partial charge in [-0.2, -0.15) is 0 Å². The van der Waals surface area contributed by atoms with E-state index in [2.05, 4.69) is 58.1 Å². The second kappa shape index (κ2) is 15.6. The Morgan fingerprint density at radius 3 is 2.10 bits per heavy atom. The van der Waals surface area contributed by atoms with Crippen LogP contribution in [0.4, 0.5) is 11.4 Å². The van der Waals surface area contributed by atoms with E-state index >= 15 is 0 Å². The molecule has 8 heteroatoms. The van der Waals surface area contributed by atoms with Gasteiger partial charge in [0.05, 0.1) is 12.2 Å². The Morgan fingerprint density at radius 2 is 1.49 bits per heavy atom. The molecular weight excluding hydrogens is 532 g/mol. The normalized spacial score (nSPS) is 18.0. The lowest BCUT2D eigenvalue weighted by atomic mass is 9.72. The monoisotopic (exact) mass is 576 g/mol. The van der Waals surface area contributed by atoms with E-state index in [9.17, 15) is 9.59 Å². The maximum atomic E-state index is 14.0. The fourth-order valence-electron chi connectivity index (χ4n) is 5.80. The van der Waals surface area contributed by atoms with Gasteiger partial charge in [-0.25, -0.2) is 4.79 Å². The number of thiol groups is 1. The van der Waals surface area contributed by atoms with Crippen molar-refractivity contribution in [2.24, 2.45) is 5.14 Å². The van der Waals surface area contributed by atoms with E-state index in [1.165, 1.54) is 0 Å². The molecule has 2 N–H and O–H groups in total. The molecule has 1 amide bonds. The van der Waals surface area contributed by atoms with Gasteiger partial charge in [0.1, 0.15) is 5.41 Å². The quantitative estimate of drug-likeness (QED) is 0.271. The fourth-order valence-corrected chi connectivity index (χ4v) is 5.80. The van der Waals surface area contributed by atoms with Crippen molar-refractivity contribution in [2.45, 2.75) is 39.5 Å². The van der Waals surface area contributed by atoms with E-state index in [4.69, 9.17) is 4.74 Å². The molecule has 3 aromatic carbocycles. The van der Waals surface area contributed by atoms with E-state index < -0.39 is 5.41 Å². The number of likely N-dealkylation sites (N-methyl/N-ethyl adjacent to an activating group) is 1. The minimum Gasteiger partial charge on any atom is -0.462 e. The molecule has 1 fully saturated rings. The number of ether oxygens (including phenoxy) is 1. The summed E-state index contributed by atoms with van der Waals surface area (Å²) in [5.41, 5.74) is 4.27. The second-order valence-corrected chi connectivity index (χ2v) is 9.68. The van der Waals surface area contributed by atoms with Crippen LogP contribution in [0.3, 0.4) is 0 Å². The van der Waals surface area contributed by atoms with Gasteiger partial charge < -0.3 is 14.5 Å². The number of benzene rings is 3. The zero-order valence-electron chi connectivity index (χ0n) is 24.8. The number of para-hydroxylation sites is 1. The summed E-state index contributed by atoms with van der Waals surface area (Å²) in [7, 11) is 0. The Balaban J connectivity index is 0.00000111. The van der Waals surface area contributed by atoms with Gasteiger partial charge in [0.15, 0.2) is 0 Å². The molecule has 7 nitrogen and oxygen atoms in total. The molecule has 0 aromatic heterocycles. The number of amides is 1. The molecule has 0 radical (unpaired) electrons. The summed E-state index contributed by atoms with van der Waals surface area (Å²) in [6, 6.07) is 26.2. The molecule has 2 aliphatic heterocycles. The van der Waals surface area contributed by atoms with E-state index in [0.717, 1.165) is 61.6 Å². The fraction of sp³-hybridized carbons (Fsp3) is 0.394. The molecule has 1 saturated heterocycles. The number of esters is 1. The van der Waals surface area contributed by atoms with Crippen molar-refractivity contribution in [3.63, 3.8) is 0 Å². The number of nitrogens with two attached hydrogens (primary N) is 1. The lowest BCUT2D eigenvalue weighted by molar-refractivity contribution is -0.122. The third-order valence-corrected chi connectivity index (χ3v) is 7.77. The highest BCUT2D eigenvalue weighted by molar-refractivity contribution is 7.77. The van der Waals surface area contributed by atoms with Crippen LogP contribution < -0.4 is 14.9 Å². The molecule has 5 rings (SSSR count). The topological polar surface area (TPSA) is 79.1 Å². The summed E-state index contributed by atoms with van der Waals surface area (Å²) < 4.78 is 5.09. The number of carbonyl (C=O) groups excluding carboxylic acids is 2. The molecule has 2 heterocycles. The van der Waals surface area contributed by atoms with Crippen molar-refractivity contribution >= 4 is 36.1 Å². The number of carbonyl (C=O) groups is 2. The van der Waals surface area contributed by atoms with Gasteiger partial charge in [-0.3, -0.25) is 14.8 Å². The smallest absolute Gasteiger partial charge is 0.338 e. The SMILES string of the molecule is CC.CCOC(=O)c1ccc(N2CCN(CCC3(c4ccccc4)C(=O)N(CC)c4ccccc43)CC2)cc1.NS. The summed E-state index contributed by atoms with van der Waals surface area (Å²) >= 11 is 3.03. The number of fused-ring (bicyclic) bond motifs is 1. The summed E-state index contributed by atoms with van der Waals surface area (Å²) in [5, 5.41) is 4.19. The first kappa shape index (κ1) is 32.2. The summed E-state index contributed by atoms with van der Waals surface area (Å²) in [6.07, 6.45) is 0.748. The first-order valence-corrected chi connectivity index (χ1v) is 15.1. The summed E-state index contributed by atoms with van der Waals surface area (Å²) in [6.45, 7) is 13.4. The first-order valence-electron chi connectivity index (χ1n) is 14.6. The molecule has 0 aliphatic carbocycles. The highest BCUT2D eigenvalue weighted by Crippen LogP contribution is 2.48. The Hall–Kier alpha value is -3.33. The predicted molar refractivity (Wildman–Crippen MR) is 172 cm³/mol. The largest absolute Gasteiger partial charge is 0.462 e. The number of piperazine rings is 1. The molecule has 2 aliphatic rings. The number of hydrogen-bond donors (Lipinski definition) is 2. The van der Waals surface area contributed by atoms with Crippen LogP contribution >= 0.6 is 12.8 Å². The molecule has 41 heavy (non-hydrogen) atoms. The Labute approximate surface area is 250 Å². The van der Waals surface area contributed by atoms with Crippen LogP contribution in [0.5, 0.6) is 0 Å². The zero-order chi connectivity index (χ0) is 29.8. The maximum absolute atomic E-state index is 14.0. The van der Waals surface area contributed by atoms with Crippen LogP contribution in [0.2, 0.25) is 0 Å². The zero-order valence-corrected chi connectivity index (χ0v) is 25.6. The van der Waals surface area contributed by atoms with Gasteiger partial charge in [-0.1, -0.05) is 62.4 Å². The standard InChI is InChI=1S/C31H35N3O3.C2H6.H3NS/c1-3-34-28-13-9-8-12-27(28)31(30(34)36,25-10-6-5-7-11-25)18-19-32-20-22-33(23-21-32)26-16-14-24(15-17-26)29(35)37-4-2;2*1-2/h5-17H,3-4,18-23H2,1-2H3;1-2H3;2H,1H2. The van der Waals surface area contributed by atoms with Gasteiger partial charge in [0.2, 0.25) is 5.91 Å². The third-order valence-electron chi connectivity index (χ3n) is 7.77. The van der Waals surface area contributed by atoms with E-state index in [1.54, 1.807) is 0 Å². The molecular formula is C33H44N4O3S. The lowest BCUT2D eigenvalue weighted by Gasteiger charge is -2.38. The number of nitrogens with zero attached hydrogens (tertiary/aromatic N) is 3. The van der Waals surface area contributed by atoms with Crippen molar-refractivity contribution < 1.29 is 14.3 Å². The van der Waals surface area contributed by atoms with Crippen LogP contribution in [0.1, 0.15) is 55.6 Å². The molecule has 0 spiro atoms. The Bertz CT molecular complexity index is 1250. The van der Waals surface area contributed by atoms with Crippen LogP contribution in [-0.4, -0.2) is 62.7 Å². The lowest BCUT2D eigenvalue weighted by Crippen LogP contribution is -2.49. The number of anilines is 2. The maximum Gasteiger partial charge on any atom is 0.338 e. The average Bonchev–Trinajstić information content (AvgIpc) is 3.30. The molecule has 1 atom stereocenters. The first-order chi connectivity index (χ1) is 20.1. The van der Waals surface area contributed by atoms with Crippen LogP contribution in [0, 0.1) is 0 Å². The average molecular weight is 577 g/mol. The molecule has 1 unspecified atom stereocenters. The Morgan fingerprint density at radius 1 is 0.878 bits per heavy atom. The van der Waals surface area contributed by atoms with Crippen molar-refractivity contribution in [2.75, 3.05) is 55.7 Å². The van der Waals surface area contributed by atoms with E-state index in [-0.39, 0.29) is 11.9 Å². The molecule has 0 bridgehead atoms. The summed E-state index contributed by atoms with van der Waals surface area (Å²) in [5.74, 6) is -0.0985. The van der Waals surface area contributed by atoms with Crippen molar-refractivity contribution in [1.29, 1.82) is 0 Å². The van der Waals surface area contributed by atoms with E-state index in [0.29, 0.717) is 18.7 Å². The number of rotatable bonds is 8. The van der Waals surface area contributed by atoms with Gasteiger partial charge in [0, 0.05) is 44.1 Å². The van der Waals surface area contributed by atoms with Crippen LogP contribution in [0.25, 0.3) is 0 Å². The van der Waals surface area contributed by atoms with Gasteiger partial charge in [-0.15, -0.1) is 12.8 Å². The molecule has 0 saturated carbocycles. The van der Waals surface area contributed by atoms with Gasteiger partial charge in [0.25, 0.3) is 0 Å². The minimum absolute atomic E-state index is 0.183. The molecule has 220 valence electrons. The van der Waals surface area contributed by atoms with Gasteiger partial charge in [-0.05, 0) is 68.3 Å². The van der Waals surface area contributed by atoms with E-state index in [1.807, 2.05) is 81.1 Å².